The first-order chi connectivity index (χ1) is 12.2. The van der Waals surface area contributed by atoms with Crippen molar-refractivity contribution in [2.24, 2.45) is 0 Å². The first-order valence-electron chi connectivity index (χ1n) is 8.60. The number of ether oxygens (including phenoxy) is 2. The number of hydrogen-bond donors (Lipinski definition) is 1. The second-order valence-electron chi connectivity index (χ2n) is 6.50. The molecule has 25 heavy (non-hydrogen) atoms. The van der Waals surface area contributed by atoms with Crippen molar-refractivity contribution in [2.75, 3.05) is 20.2 Å². The van der Waals surface area contributed by atoms with Gasteiger partial charge in [-0.25, -0.2) is 0 Å². The number of rotatable bonds is 5. The van der Waals surface area contributed by atoms with Crippen LogP contribution in [-0.4, -0.2) is 57.3 Å². The highest BCUT2D eigenvalue weighted by Crippen LogP contribution is 2.39. The lowest BCUT2D eigenvalue weighted by atomic mass is 10.1. The zero-order valence-corrected chi connectivity index (χ0v) is 14.1. The van der Waals surface area contributed by atoms with E-state index in [4.69, 9.17) is 9.47 Å². The molecule has 2 fully saturated rings. The average Bonchev–Trinajstić information content (AvgIpc) is 3.39. The number of carbonyl (C=O) groups excluding carboxylic acids is 1. The fourth-order valence-corrected chi connectivity index (χ4v) is 3.01. The van der Waals surface area contributed by atoms with Crippen LogP contribution in [0.25, 0.3) is 0 Å². The Morgan fingerprint density at radius 1 is 1.20 bits per heavy atom. The normalized spacial score (nSPS) is 18.2. The van der Waals surface area contributed by atoms with Gasteiger partial charge in [0.25, 0.3) is 5.91 Å². The standard InChI is InChI=1S/C17H21N5O3/c1-24-13-9-18-17(19-10-13)25-12-4-6-22(7-5-12)16(23)15-8-14(20-21-15)11-2-3-11/h8-12H,2-7H2,1H3,(H,20,21). The zero-order valence-electron chi connectivity index (χ0n) is 14.1. The summed E-state index contributed by atoms with van der Waals surface area (Å²) in [5, 5.41) is 7.17. The number of hydrogen-bond acceptors (Lipinski definition) is 6. The number of likely N-dealkylation sites (tertiary alicyclic amines) is 1. The van der Waals surface area contributed by atoms with Gasteiger partial charge in [0, 0.05) is 37.5 Å². The van der Waals surface area contributed by atoms with Gasteiger partial charge in [-0.3, -0.25) is 9.89 Å². The fraction of sp³-hybridized carbons (Fsp3) is 0.529. The van der Waals surface area contributed by atoms with Crippen molar-refractivity contribution in [3.63, 3.8) is 0 Å². The third kappa shape index (κ3) is 3.57. The van der Waals surface area contributed by atoms with Gasteiger partial charge in [-0.15, -0.1) is 0 Å². The molecule has 4 rings (SSSR count). The van der Waals surface area contributed by atoms with E-state index in [-0.39, 0.29) is 12.0 Å². The Hall–Kier alpha value is -2.64. The third-order valence-electron chi connectivity index (χ3n) is 4.68. The van der Waals surface area contributed by atoms with Crippen molar-refractivity contribution in [1.29, 1.82) is 0 Å². The fourth-order valence-electron chi connectivity index (χ4n) is 3.01. The highest BCUT2D eigenvalue weighted by atomic mass is 16.5. The molecule has 0 atom stereocenters. The maximum absolute atomic E-state index is 12.6. The number of amides is 1. The predicted molar refractivity (Wildman–Crippen MR) is 88.7 cm³/mol. The Bertz CT molecular complexity index is 733. The second kappa shape index (κ2) is 6.70. The molecule has 1 aliphatic heterocycles. The van der Waals surface area contributed by atoms with E-state index in [9.17, 15) is 4.79 Å². The van der Waals surface area contributed by atoms with Crippen LogP contribution in [0.15, 0.2) is 18.5 Å². The van der Waals surface area contributed by atoms with Crippen molar-refractivity contribution in [2.45, 2.75) is 37.7 Å². The molecule has 2 aliphatic rings. The highest BCUT2D eigenvalue weighted by Gasteiger charge is 2.29. The minimum atomic E-state index is -0.0118. The van der Waals surface area contributed by atoms with Gasteiger partial charge >= 0.3 is 6.01 Å². The topological polar surface area (TPSA) is 93.2 Å². The Labute approximate surface area is 145 Å². The summed E-state index contributed by atoms with van der Waals surface area (Å²) < 4.78 is 10.8. The van der Waals surface area contributed by atoms with Crippen LogP contribution in [0, 0.1) is 0 Å². The molecule has 1 saturated carbocycles. The first kappa shape index (κ1) is 15.9. The molecule has 2 aromatic rings. The average molecular weight is 343 g/mol. The molecule has 0 bridgehead atoms. The lowest BCUT2D eigenvalue weighted by Crippen LogP contribution is -2.42. The van der Waals surface area contributed by atoms with Gasteiger partial charge in [-0.2, -0.15) is 15.1 Å². The van der Waals surface area contributed by atoms with E-state index in [1.165, 1.54) is 12.8 Å². The van der Waals surface area contributed by atoms with Crippen molar-refractivity contribution in [3.8, 4) is 11.8 Å². The molecule has 8 nitrogen and oxygen atoms in total. The van der Waals surface area contributed by atoms with Gasteiger partial charge in [-0.05, 0) is 18.9 Å². The molecule has 1 N–H and O–H groups in total. The van der Waals surface area contributed by atoms with Crippen LogP contribution < -0.4 is 9.47 Å². The summed E-state index contributed by atoms with van der Waals surface area (Å²) in [6.07, 6.45) is 7.05. The summed E-state index contributed by atoms with van der Waals surface area (Å²) in [6.45, 7) is 1.29. The van der Waals surface area contributed by atoms with Gasteiger partial charge in [0.1, 0.15) is 11.8 Å². The molecule has 132 valence electrons. The largest absolute Gasteiger partial charge is 0.494 e. The number of H-pyrrole nitrogens is 1. The van der Waals surface area contributed by atoms with Crippen LogP contribution in [-0.2, 0) is 0 Å². The maximum atomic E-state index is 12.6. The lowest BCUT2D eigenvalue weighted by Gasteiger charge is -2.31. The van der Waals surface area contributed by atoms with Crippen molar-refractivity contribution >= 4 is 5.91 Å². The molecule has 8 heteroatoms. The van der Waals surface area contributed by atoms with Gasteiger partial charge in [0.15, 0.2) is 5.75 Å². The van der Waals surface area contributed by atoms with Crippen LogP contribution in [0.4, 0.5) is 0 Å². The van der Waals surface area contributed by atoms with Gasteiger partial charge < -0.3 is 14.4 Å². The monoisotopic (exact) mass is 343 g/mol. The van der Waals surface area contributed by atoms with E-state index in [1.54, 1.807) is 19.5 Å². The molecule has 2 aromatic heterocycles. The molecular weight excluding hydrogens is 322 g/mol. The maximum Gasteiger partial charge on any atom is 0.316 e. The number of aromatic nitrogens is 4. The van der Waals surface area contributed by atoms with Crippen LogP contribution >= 0.6 is 0 Å². The van der Waals surface area contributed by atoms with E-state index in [0.29, 0.717) is 36.5 Å². The van der Waals surface area contributed by atoms with Gasteiger partial charge in [-0.1, -0.05) is 0 Å². The summed E-state index contributed by atoms with van der Waals surface area (Å²) >= 11 is 0. The number of nitrogens with zero attached hydrogens (tertiary/aromatic N) is 4. The minimum Gasteiger partial charge on any atom is -0.494 e. The SMILES string of the molecule is COc1cnc(OC2CCN(C(=O)c3cc(C4CC4)[nH]n3)CC2)nc1. The quantitative estimate of drug-likeness (QED) is 0.889. The molecule has 0 spiro atoms. The lowest BCUT2D eigenvalue weighted by molar-refractivity contribution is 0.0573. The Morgan fingerprint density at radius 3 is 2.56 bits per heavy atom. The predicted octanol–water partition coefficient (Wildman–Crippen LogP) is 1.77. The van der Waals surface area contributed by atoms with Crippen LogP contribution in [0.2, 0.25) is 0 Å². The zero-order chi connectivity index (χ0) is 17.2. The summed E-state index contributed by atoms with van der Waals surface area (Å²) in [7, 11) is 1.57. The molecule has 1 saturated heterocycles. The van der Waals surface area contributed by atoms with Crippen molar-refractivity contribution < 1.29 is 14.3 Å². The van der Waals surface area contributed by atoms with E-state index in [0.717, 1.165) is 18.5 Å². The molecule has 0 radical (unpaired) electrons. The minimum absolute atomic E-state index is 0.0118. The molecule has 1 amide bonds. The number of nitrogens with one attached hydrogen (secondary N) is 1. The van der Waals surface area contributed by atoms with E-state index >= 15 is 0 Å². The number of piperidine rings is 1. The molecular formula is C17H21N5O3. The van der Waals surface area contributed by atoms with Crippen LogP contribution in [0.3, 0.4) is 0 Å². The molecule has 3 heterocycles. The Kier molecular flexibility index (Phi) is 4.25. The molecule has 1 aliphatic carbocycles. The smallest absolute Gasteiger partial charge is 0.316 e. The third-order valence-corrected chi connectivity index (χ3v) is 4.68. The molecule has 0 unspecified atom stereocenters. The molecule has 0 aromatic carbocycles. The summed E-state index contributed by atoms with van der Waals surface area (Å²) in [5.74, 6) is 1.15. The van der Waals surface area contributed by atoms with E-state index in [2.05, 4.69) is 20.2 Å². The highest BCUT2D eigenvalue weighted by molar-refractivity contribution is 5.92. The van der Waals surface area contributed by atoms with E-state index < -0.39 is 0 Å². The summed E-state index contributed by atoms with van der Waals surface area (Å²) in [6, 6.07) is 2.24. The number of aromatic amines is 1. The van der Waals surface area contributed by atoms with Crippen molar-refractivity contribution in [1.82, 2.24) is 25.1 Å². The summed E-state index contributed by atoms with van der Waals surface area (Å²) in [5.41, 5.74) is 1.60. The van der Waals surface area contributed by atoms with Crippen LogP contribution in [0.5, 0.6) is 11.8 Å². The van der Waals surface area contributed by atoms with E-state index in [1.807, 2.05) is 11.0 Å². The Balaban J connectivity index is 1.30. The first-order valence-corrected chi connectivity index (χ1v) is 8.60. The number of carbonyl (C=O) groups is 1. The summed E-state index contributed by atoms with van der Waals surface area (Å²) in [4.78, 5) is 22.6. The van der Waals surface area contributed by atoms with Crippen molar-refractivity contribution in [3.05, 3.63) is 29.8 Å². The van der Waals surface area contributed by atoms with Gasteiger partial charge in [0.2, 0.25) is 0 Å². The number of methoxy groups -OCH3 is 1. The second-order valence-corrected chi connectivity index (χ2v) is 6.50. The Morgan fingerprint density at radius 2 is 1.92 bits per heavy atom. The van der Waals surface area contributed by atoms with Gasteiger partial charge in [0.05, 0.1) is 19.5 Å². The van der Waals surface area contributed by atoms with Crippen LogP contribution in [0.1, 0.15) is 47.8 Å².